The van der Waals surface area contributed by atoms with Gasteiger partial charge in [-0.25, -0.2) is 0 Å². The van der Waals surface area contributed by atoms with Crippen molar-refractivity contribution in [1.82, 2.24) is 15.1 Å². The fourth-order valence-corrected chi connectivity index (χ4v) is 4.20. The van der Waals surface area contributed by atoms with Gasteiger partial charge in [0.15, 0.2) is 12.6 Å². The summed E-state index contributed by atoms with van der Waals surface area (Å²) in [5, 5.41) is 3.41. The number of benzene rings is 1. The van der Waals surface area contributed by atoms with E-state index in [2.05, 4.69) is 36.0 Å². The van der Waals surface area contributed by atoms with Crippen molar-refractivity contribution < 1.29 is 9.53 Å². The van der Waals surface area contributed by atoms with Crippen molar-refractivity contribution in [1.29, 1.82) is 0 Å². The van der Waals surface area contributed by atoms with Gasteiger partial charge in [-0.3, -0.25) is 14.7 Å². The Labute approximate surface area is 197 Å². The SMILES string of the molecule is CCNC(=NCCCN1C(=O)COc2ccccc21)N(C)CC1CCCN1CC.I. The van der Waals surface area contributed by atoms with E-state index in [1.807, 2.05) is 29.2 Å². The van der Waals surface area contributed by atoms with Crippen LogP contribution >= 0.6 is 24.0 Å². The maximum Gasteiger partial charge on any atom is 0.265 e. The highest BCUT2D eigenvalue weighted by Gasteiger charge is 2.26. The van der Waals surface area contributed by atoms with E-state index in [0.29, 0.717) is 19.1 Å². The summed E-state index contributed by atoms with van der Waals surface area (Å²) in [5.41, 5.74) is 0.859. The average Bonchev–Trinajstić information content (AvgIpc) is 3.18. The van der Waals surface area contributed by atoms with Crippen LogP contribution in [-0.2, 0) is 4.79 Å². The van der Waals surface area contributed by atoms with Gasteiger partial charge in [0.05, 0.1) is 5.69 Å². The summed E-state index contributed by atoms with van der Waals surface area (Å²) < 4.78 is 5.52. The summed E-state index contributed by atoms with van der Waals surface area (Å²) >= 11 is 0. The van der Waals surface area contributed by atoms with E-state index in [0.717, 1.165) is 43.5 Å². The molecule has 1 aromatic rings. The Morgan fingerprint density at radius 3 is 2.90 bits per heavy atom. The van der Waals surface area contributed by atoms with Crippen LogP contribution in [0.5, 0.6) is 5.75 Å². The van der Waals surface area contributed by atoms with Crippen LogP contribution in [0.2, 0.25) is 0 Å². The predicted octanol–water partition coefficient (Wildman–Crippen LogP) is 2.80. The molecule has 2 aliphatic heterocycles. The number of ether oxygens (including phenoxy) is 1. The fourth-order valence-electron chi connectivity index (χ4n) is 4.20. The van der Waals surface area contributed by atoms with Crippen LogP contribution in [-0.4, -0.2) is 80.6 Å². The number of amides is 1. The molecule has 1 amide bonds. The molecule has 1 atom stereocenters. The number of likely N-dealkylation sites (N-methyl/N-ethyl adjacent to an activating group) is 2. The number of likely N-dealkylation sites (tertiary alicyclic amines) is 1. The van der Waals surface area contributed by atoms with E-state index in [9.17, 15) is 4.79 Å². The molecule has 1 fully saturated rings. The number of hydrogen-bond donors (Lipinski definition) is 1. The second-order valence-corrected chi connectivity index (χ2v) is 7.70. The van der Waals surface area contributed by atoms with Gasteiger partial charge in [-0.15, -0.1) is 24.0 Å². The summed E-state index contributed by atoms with van der Waals surface area (Å²) in [6, 6.07) is 8.32. The van der Waals surface area contributed by atoms with Crippen molar-refractivity contribution in [2.24, 2.45) is 4.99 Å². The summed E-state index contributed by atoms with van der Waals surface area (Å²) in [5.74, 6) is 1.74. The van der Waals surface area contributed by atoms with Gasteiger partial charge in [0.1, 0.15) is 5.75 Å². The molecule has 0 aliphatic carbocycles. The van der Waals surface area contributed by atoms with Crippen LogP contribution in [0.3, 0.4) is 0 Å². The number of nitrogens with zero attached hydrogens (tertiary/aromatic N) is 4. The molecule has 1 aromatic carbocycles. The third kappa shape index (κ3) is 6.23. The highest BCUT2D eigenvalue weighted by Crippen LogP contribution is 2.31. The topological polar surface area (TPSA) is 60.4 Å². The third-order valence-corrected chi connectivity index (χ3v) is 5.70. The molecule has 168 valence electrons. The van der Waals surface area contributed by atoms with E-state index in [4.69, 9.17) is 9.73 Å². The molecule has 7 nitrogen and oxygen atoms in total. The largest absolute Gasteiger partial charge is 0.482 e. The van der Waals surface area contributed by atoms with Gasteiger partial charge in [0.25, 0.3) is 5.91 Å². The number of anilines is 1. The first-order valence-electron chi connectivity index (χ1n) is 10.9. The molecule has 1 N–H and O–H groups in total. The smallest absolute Gasteiger partial charge is 0.265 e. The van der Waals surface area contributed by atoms with Crippen LogP contribution in [0.25, 0.3) is 0 Å². The summed E-state index contributed by atoms with van der Waals surface area (Å²) in [6.45, 7) is 9.94. The standard InChI is InChI=1S/C22H35N5O2.HI/c1-4-23-22(25(3)16-18-10-8-14-26(18)5-2)24-13-9-15-27-19-11-6-7-12-20(19)29-17-21(27)28;/h6-7,11-12,18H,4-5,8-10,13-17H2,1-3H3,(H,23,24);1H. The van der Waals surface area contributed by atoms with E-state index in [1.54, 1.807) is 0 Å². The van der Waals surface area contributed by atoms with E-state index >= 15 is 0 Å². The average molecular weight is 529 g/mol. The molecule has 1 unspecified atom stereocenters. The Bertz CT molecular complexity index is 715. The molecule has 0 aromatic heterocycles. The van der Waals surface area contributed by atoms with Gasteiger partial charge in [-0.05, 0) is 51.4 Å². The number of hydrogen-bond acceptors (Lipinski definition) is 4. The maximum atomic E-state index is 12.3. The number of nitrogens with one attached hydrogen (secondary N) is 1. The van der Waals surface area contributed by atoms with Crippen LogP contribution in [0.1, 0.15) is 33.1 Å². The predicted molar refractivity (Wildman–Crippen MR) is 133 cm³/mol. The summed E-state index contributed by atoms with van der Waals surface area (Å²) in [6.07, 6.45) is 3.36. The minimum absolute atomic E-state index is 0. The van der Waals surface area contributed by atoms with Crippen LogP contribution in [0, 0.1) is 0 Å². The molecule has 0 spiro atoms. The van der Waals surface area contributed by atoms with Crippen molar-refractivity contribution in [3.63, 3.8) is 0 Å². The molecular weight excluding hydrogens is 493 g/mol. The Morgan fingerprint density at radius 1 is 1.33 bits per heavy atom. The monoisotopic (exact) mass is 529 g/mol. The van der Waals surface area contributed by atoms with Crippen LogP contribution in [0.4, 0.5) is 5.69 Å². The van der Waals surface area contributed by atoms with Crippen LogP contribution < -0.4 is 15.0 Å². The van der Waals surface area contributed by atoms with Gasteiger partial charge >= 0.3 is 0 Å². The number of fused-ring (bicyclic) bond motifs is 1. The molecule has 30 heavy (non-hydrogen) atoms. The van der Waals surface area contributed by atoms with Gasteiger partial charge < -0.3 is 19.9 Å². The minimum Gasteiger partial charge on any atom is -0.482 e. The molecule has 0 bridgehead atoms. The second kappa shape index (κ2) is 12.3. The minimum atomic E-state index is 0. The zero-order valence-corrected chi connectivity index (χ0v) is 20.8. The Morgan fingerprint density at radius 2 is 2.13 bits per heavy atom. The summed E-state index contributed by atoms with van der Waals surface area (Å²) in [4.78, 5) is 23.7. The van der Waals surface area contributed by atoms with Gasteiger partial charge in [-0.2, -0.15) is 0 Å². The lowest BCUT2D eigenvalue weighted by Gasteiger charge is -2.30. The first-order valence-corrected chi connectivity index (χ1v) is 10.9. The first-order chi connectivity index (χ1) is 14.1. The van der Waals surface area contributed by atoms with Crippen molar-refractivity contribution >= 4 is 41.5 Å². The summed E-state index contributed by atoms with van der Waals surface area (Å²) in [7, 11) is 2.12. The van der Waals surface area contributed by atoms with E-state index in [1.165, 1.54) is 19.4 Å². The molecule has 2 aliphatic rings. The number of carbonyl (C=O) groups excluding carboxylic acids is 1. The zero-order valence-electron chi connectivity index (χ0n) is 18.5. The van der Waals surface area contributed by atoms with E-state index < -0.39 is 0 Å². The number of guanidine groups is 1. The van der Waals surface area contributed by atoms with Gasteiger partial charge in [0.2, 0.25) is 0 Å². The van der Waals surface area contributed by atoms with Crippen molar-refractivity contribution in [3.05, 3.63) is 24.3 Å². The Balaban J connectivity index is 0.00000320. The van der Waals surface area contributed by atoms with Crippen molar-refractivity contribution in [3.8, 4) is 5.75 Å². The zero-order chi connectivity index (χ0) is 20.6. The first kappa shape index (κ1) is 24.7. The number of carbonyl (C=O) groups is 1. The quantitative estimate of drug-likeness (QED) is 0.243. The molecule has 0 saturated carbocycles. The number of para-hydroxylation sites is 2. The third-order valence-electron chi connectivity index (χ3n) is 5.70. The molecule has 1 saturated heterocycles. The van der Waals surface area contributed by atoms with Crippen molar-refractivity contribution in [2.45, 2.75) is 39.2 Å². The van der Waals surface area contributed by atoms with Crippen LogP contribution in [0.15, 0.2) is 29.3 Å². The maximum absolute atomic E-state index is 12.3. The molecule has 2 heterocycles. The fraction of sp³-hybridized carbons (Fsp3) is 0.636. The lowest BCUT2D eigenvalue weighted by Crippen LogP contribution is -2.46. The molecule has 0 radical (unpaired) electrons. The Kier molecular flexibility index (Phi) is 10.2. The van der Waals surface area contributed by atoms with Gasteiger partial charge in [-0.1, -0.05) is 19.1 Å². The molecule has 3 rings (SSSR count). The number of rotatable bonds is 8. The lowest BCUT2D eigenvalue weighted by molar-refractivity contribution is -0.121. The number of halogens is 1. The lowest BCUT2D eigenvalue weighted by atomic mass is 10.2. The normalized spacial score (nSPS) is 19.2. The number of aliphatic imine (C=N–C) groups is 1. The molecular formula is C22H36IN5O2. The second-order valence-electron chi connectivity index (χ2n) is 7.70. The highest BCUT2D eigenvalue weighted by molar-refractivity contribution is 14.0. The van der Waals surface area contributed by atoms with Crippen molar-refractivity contribution in [2.75, 3.05) is 57.8 Å². The van der Waals surface area contributed by atoms with E-state index in [-0.39, 0.29) is 36.5 Å². The molecule has 8 heteroatoms. The highest BCUT2D eigenvalue weighted by atomic mass is 127. The Hall–Kier alpha value is -1.55. The van der Waals surface area contributed by atoms with Gasteiger partial charge in [0, 0.05) is 39.3 Å².